The maximum absolute atomic E-state index is 15.6. The zero-order valence-electron chi connectivity index (χ0n) is 22.7. The first-order chi connectivity index (χ1) is 19.1. The van der Waals surface area contributed by atoms with Gasteiger partial charge in [0.05, 0.1) is 23.6 Å². The number of morpholine rings is 1. The van der Waals surface area contributed by atoms with Crippen LogP contribution in [0, 0.1) is 5.82 Å². The van der Waals surface area contributed by atoms with E-state index in [9.17, 15) is 9.59 Å². The van der Waals surface area contributed by atoms with Gasteiger partial charge in [0, 0.05) is 51.3 Å². The minimum Gasteiger partial charge on any atom is -0.369 e. The van der Waals surface area contributed by atoms with Gasteiger partial charge in [-0.05, 0) is 37.8 Å². The standard InChI is InChI=1S/C28H33F3N6O3/c1-16(19-5-4-6-22(24(19)29)28(30,31)23-14-32-9-12-40-23)35-25-21-13-20(18-7-10-37(11-8-18)17(2)38)27(39)36(3)26(21)34-15-33-25/h4-6,13,15-16,18,23,32H,7-12,14H2,1-3H3,(H,33,34,35)/t16-,23?/m1/s1. The van der Waals surface area contributed by atoms with Crippen LogP contribution < -0.4 is 16.2 Å². The zero-order chi connectivity index (χ0) is 28.6. The smallest absolute Gasteiger partial charge is 0.302 e. The number of aromatic nitrogens is 3. The van der Waals surface area contributed by atoms with Crippen LogP contribution in [0.15, 0.2) is 35.4 Å². The van der Waals surface area contributed by atoms with E-state index in [1.165, 1.54) is 30.0 Å². The molecule has 2 atom stereocenters. The molecule has 0 bridgehead atoms. The topological polar surface area (TPSA) is 101 Å². The third kappa shape index (κ3) is 5.17. The second-order valence-corrected chi connectivity index (χ2v) is 10.5. The maximum Gasteiger partial charge on any atom is 0.302 e. The van der Waals surface area contributed by atoms with Crippen LogP contribution in [0.4, 0.5) is 19.0 Å². The Balaban J connectivity index is 1.46. The van der Waals surface area contributed by atoms with Crippen molar-refractivity contribution in [3.8, 4) is 0 Å². The van der Waals surface area contributed by atoms with E-state index >= 15 is 13.2 Å². The Morgan fingerprint density at radius 2 is 2.00 bits per heavy atom. The van der Waals surface area contributed by atoms with Gasteiger partial charge in [0.1, 0.15) is 29.7 Å². The number of rotatable bonds is 6. The number of nitrogens with zero attached hydrogens (tertiary/aromatic N) is 4. The number of anilines is 1. The third-order valence-electron chi connectivity index (χ3n) is 7.95. The number of piperidine rings is 1. The number of hydrogen-bond donors (Lipinski definition) is 2. The molecule has 0 saturated carbocycles. The van der Waals surface area contributed by atoms with Gasteiger partial charge in [-0.3, -0.25) is 14.2 Å². The number of alkyl halides is 2. The number of halogens is 3. The fourth-order valence-electron chi connectivity index (χ4n) is 5.60. The summed E-state index contributed by atoms with van der Waals surface area (Å²) in [6, 6.07) is 4.97. The minimum absolute atomic E-state index is 0.00994. The number of amides is 1. The molecule has 9 nitrogen and oxygen atoms in total. The molecule has 1 amide bonds. The van der Waals surface area contributed by atoms with Gasteiger partial charge in [0.2, 0.25) is 5.91 Å². The lowest BCUT2D eigenvalue weighted by atomic mass is 9.89. The molecule has 5 rings (SSSR count). The molecular weight excluding hydrogens is 525 g/mol. The molecule has 1 aromatic carbocycles. The number of carbonyl (C=O) groups is 1. The zero-order valence-corrected chi connectivity index (χ0v) is 22.7. The molecule has 4 heterocycles. The quantitative estimate of drug-likeness (QED) is 0.478. The summed E-state index contributed by atoms with van der Waals surface area (Å²) in [5.41, 5.74) is 0.141. The number of fused-ring (bicyclic) bond motifs is 1. The molecule has 12 heteroatoms. The average Bonchev–Trinajstić information content (AvgIpc) is 2.95. The van der Waals surface area contributed by atoms with E-state index in [0.717, 1.165) is 6.07 Å². The lowest BCUT2D eigenvalue weighted by molar-refractivity contribution is -0.153. The Morgan fingerprint density at radius 3 is 2.67 bits per heavy atom. The highest BCUT2D eigenvalue weighted by atomic mass is 19.3. The number of likely N-dealkylation sites (tertiary alicyclic amines) is 1. The number of benzene rings is 1. The molecule has 0 radical (unpaired) electrons. The van der Waals surface area contributed by atoms with E-state index in [2.05, 4.69) is 20.6 Å². The predicted molar refractivity (Wildman–Crippen MR) is 144 cm³/mol. The Labute approximate surface area is 229 Å². The van der Waals surface area contributed by atoms with E-state index < -0.39 is 29.4 Å². The van der Waals surface area contributed by atoms with Crippen LogP contribution in [-0.2, 0) is 22.5 Å². The average molecular weight is 559 g/mol. The monoisotopic (exact) mass is 558 g/mol. The van der Waals surface area contributed by atoms with E-state index in [1.807, 2.05) is 0 Å². The highest BCUT2D eigenvalue weighted by Gasteiger charge is 2.45. The lowest BCUT2D eigenvalue weighted by Gasteiger charge is -2.31. The highest BCUT2D eigenvalue weighted by molar-refractivity contribution is 5.87. The van der Waals surface area contributed by atoms with Crippen LogP contribution in [0.2, 0.25) is 0 Å². The first-order valence-corrected chi connectivity index (χ1v) is 13.4. The van der Waals surface area contributed by atoms with Gasteiger partial charge in [-0.25, -0.2) is 14.4 Å². The number of ether oxygens (including phenoxy) is 1. The Kier molecular flexibility index (Phi) is 7.83. The SMILES string of the molecule is CC(=O)N1CCC(c2cc3c(N[C@H](C)c4cccc(C(F)(F)C5CNCCO5)c4F)ncnc3n(C)c2=O)CC1. The van der Waals surface area contributed by atoms with Gasteiger partial charge in [0.25, 0.3) is 5.56 Å². The van der Waals surface area contributed by atoms with Gasteiger partial charge < -0.3 is 20.3 Å². The van der Waals surface area contributed by atoms with Crippen molar-refractivity contribution in [2.45, 2.75) is 50.7 Å². The molecule has 2 saturated heterocycles. The van der Waals surface area contributed by atoms with Crippen molar-refractivity contribution in [2.24, 2.45) is 7.05 Å². The van der Waals surface area contributed by atoms with Crippen molar-refractivity contribution in [3.05, 3.63) is 63.5 Å². The third-order valence-corrected chi connectivity index (χ3v) is 7.95. The number of nitrogens with one attached hydrogen (secondary N) is 2. The van der Waals surface area contributed by atoms with E-state index in [4.69, 9.17) is 4.74 Å². The summed E-state index contributed by atoms with van der Waals surface area (Å²) >= 11 is 0. The Morgan fingerprint density at radius 1 is 1.25 bits per heavy atom. The van der Waals surface area contributed by atoms with E-state index in [-0.39, 0.29) is 36.1 Å². The van der Waals surface area contributed by atoms with Gasteiger partial charge >= 0.3 is 5.92 Å². The molecule has 214 valence electrons. The fourth-order valence-corrected chi connectivity index (χ4v) is 5.60. The number of pyridine rings is 1. The maximum atomic E-state index is 15.6. The normalized spacial score (nSPS) is 19.6. The number of hydrogen-bond acceptors (Lipinski definition) is 7. The second-order valence-electron chi connectivity index (χ2n) is 10.5. The van der Waals surface area contributed by atoms with Crippen molar-refractivity contribution >= 4 is 22.8 Å². The Bertz CT molecular complexity index is 1470. The lowest BCUT2D eigenvalue weighted by Crippen LogP contribution is -2.47. The summed E-state index contributed by atoms with van der Waals surface area (Å²) in [6.45, 7) is 4.84. The molecule has 2 N–H and O–H groups in total. The van der Waals surface area contributed by atoms with Gasteiger partial charge in [-0.15, -0.1) is 0 Å². The van der Waals surface area contributed by atoms with Crippen molar-refractivity contribution in [1.29, 1.82) is 0 Å². The summed E-state index contributed by atoms with van der Waals surface area (Å²) in [6.07, 6.45) is 1.14. The summed E-state index contributed by atoms with van der Waals surface area (Å²) in [4.78, 5) is 35.4. The van der Waals surface area contributed by atoms with Crippen LogP contribution >= 0.6 is 0 Å². The van der Waals surface area contributed by atoms with Crippen LogP contribution in [0.3, 0.4) is 0 Å². The van der Waals surface area contributed by atoms with Crippen LogP contribution in [0.25, 0.3) is 11.0 Å². The first kappa shape index (κ1) is 28.0. The highest BCUT2D eigenvalue weighted by Crippen LogP contribution is 2.38. The summed E-state index contributed by atoms with van der Waals surface area (Å²) in [5.74, 6) is -4.22. The van der Waals surface area contributed by atoms with Crippen molar-refractivity contribution in [1.82, 2.24) is 24.8 Å². The molecule has 3 aromatic rings. The first-order valence-electron chi connectivity index (χ1n) is 13.4. The van der Waals surface area contributed by atoms with E-state index in [0.29, 0.717) is 54.9 Å². The summed E-state index contributed by atoms with van der Waals surface area (Å²) < 4.78 is 52.8. The number of aryl methyl sites for hydroxylation is 1. The van der Waals surface area contributed by atoms with Crippen molar-refractivity contribution in [2.75, 3.05) is 38.1 Å². The van der Waals surface area contributed by atoms with Crippen molar-refractivity contribution < 1.29 is 22.7 Å². The van der Waals surface area contributed by atoms with Crippen molar-refractivity contribution in [3.63, 3.8) is 0 Å². The van der Waals surface area contributed by atoms with E-state index in [1.54, 1.807) is 24.9 Å². The fraction of sp³-hybridized carbons (Fsp3) is 0.500. The molecule has 2 aromatic heterocycles. The van der Waals surface area contributed by atoms with Crippen LogP contribution in [0.5, 0.6) is 0 Å². The summed E-state index contributed by atoms with van der Waals surface area (Å²) in [7, 11) is 1.63. The van der Waals surface area contributed by atoms with Crippen LogP contribution in [0.1, 0.15) is 55.3 Å². The summed E-state index contributed by atoms with van der Waals surface area (Å²) in [5, 5.41) is 6.58. The molecule has 2 aliphatic rings. The number of carbonyl (C=O) groups excluding carboxylic acids is 1. The largest absolute Gasteiger partial charge is 0.369 e. The molecule has 0 spiro atoms. The van der Waals surface area contributed by atoms with Gasteiger partial charge in [-0.1, -0.05) is 12.1 Å². The molecular formula is C28H33F3N6O3. The van der Waals surface area contributed by atoms with Crippen LogP contribution in [-0.4, -0.2) is 64.2 Å². The second kappa shape index (κ2) is 11.2. The van der Waals surface area contributed by atoms with Gasteiger partial charge in [0.15, 0.2) is 0 Å². The molecule has 2 fully saturated rings. The predicted octanol–water partition coefficient (Wildman–Crippen LogP) is 3.45. The molecule has 2 aliphatic heterocycles. The minimum atomic E-state index is -3.53. The molecule has 1 unspecified atom stereocenters. The Hall–Kier alpha value is -3.51. The molecule has 0 aliphatic carbocycles. The van der Waals surface area contributed by atoms with Gasteiger partial charge in [-0.2, -0.15) is 8.78 Å². The molecule has 40 heavy (non-hydrogen) atoms.